The number of hydrogen-bond donors (Lipinski definition) is 1. The molecule has 0 fully saturated rings. The quantitative estimate of drug-likeness (QED) is 0.784. The van der Waals surface area contributed by atoms with Gasteiger partial charge >= 0.3 is 6.18 Å². The molecule has 0 bridgehead atoms. The molecule has 6 heteroatoms. The van der Waals surface area contributed by atoms with Gasteiger partial charge in [0.25, 0.3) is 0 Å². The molecule has 0 amide bonds. The predicted octanol–water partition coefficient (Wildman–Crippen LogP) is 4.06. The number of rotatable bonds is 2. The summed E-state index contributed by atoms with van der Waals surface area (Å²) in [7, 11) is 0. The van der Waals surface area contributed by atoms with Gasteiger partial charge in [0.2, 0.25) is 0 Å². The first kappa shape index (κ1) is 15.2. The van der Waals surface area contributed by atoms with Crippen LogP contribution in [-0.4, -0.2) is 4.98 Å². The number of aryl methyl sites for hydroxylation is 1. The van der Waals surface area contributed by atoms with Crippen LogP contribution in [0, 0.1) is 10.5 Å². The van der Waals surface area contributed by atoms with E-state index in [1.807, 2.05) is 13.0 Å². The highest BCUT2D eigenvalue weighted by molar-refractivity contribution is 14.1. The van der Waals surface area contributed by atoms with Gasteiger partial charge in [-0.25, -0.2) is 0 Å². The number of nitrogens with zero attached hydrogens (tertiary/aromatic N) is 1. The Morgan fingerprint density at radius 1 is 1.20 bits per heavy atom. The normalized spacial score (nSPS) is 13.3. The van der Waals surface area contributed by atoms with E-state index in [1.54, 1.807) is 12.1 Å². The zero-order valence-electron chi connectivity index (χ0n) is 10.6. The van der Waals surface area contributed by atoms with Crippen LogP contribution in [0.5, 0.6) is 0 Å². The molecule has 1 atom stereocenters. The van der Waals surface area contributed by atoms with E-state index in [0.717, 1.165) is 21.4 Å². The van der Waals surface area contributed by atoms with Gasteiger partial charge in [-0.15, -0.1) is 0 Å². The first-order valence-corrected chi connectivity index (χ1v) is 6.92. The van der Waals surface area contributed by atoms with E-state index < -0.39 is 17.8 Å². The molecule has 0 radical (unpaired) electrons. The van der Waals surface area contributed by atoms with Gasteiger partial charge in [0.05, 0.1) is 11.6 Å². The van der Waals surface area contributed by atoms with Gasteiger partial charge in [-0.05, 0) is 46.7 Å². The van der Waals surface area contributed by atoms with Gasteiger partial charge in [-0.3, -0.25) is 4.98 Å². The average molecular weight is 392 g/mol. The number of hydrogen-bond acceptors (Lipinski definition) is 2. The molecule has 0 spiro atoms. The lowest BCUT2D eigenvalue weighted by atomic mass is 9.95. The molecule has 2 aromatic rings. The topological polar surface area (TPSA) is 38.9 Å². The highest BCUT2D eigenvalue weighted by atomic mass is 127. The molecule has 0 aliphatic rings. The Morgan fingerprint density at radius 2 is 1.90 bits per heavy atom. The van der Waals surface area contributed by atoms with Crippen molar-refractivity contribution in [3.63, 3.8) is 0 Å². The predicted molar refractivity (Wildman–Crippen MR) is 79.2 cm³/mol. The molecular formula is C14H12F3IN2. The summed E-state index contributed by atoms with van der Waals surface area (Å²) in [5.41, 5.74) is 6.94. The molecule has 2 rings (SSSR count). The van der Waals surface area contributed by atoms with Crippen LogP contribution < -0.4 is 5.73 Å². The standard InChI is InChI=1S/C14H12F3IN2/c1-8-3-2-4-9(12(8)18)13(19)10-7-20-6-5-11(10)14(15,16)17/h2-7,13H,19H2,1H3. The third-order valence-corrected chi connectivity index (χ3v) is 4.52. The Bertz CT molecular complexity index is 626. The van der Waals surface area contributed by atoms with Crippen molar-refractivity contribution >= 4 is 22.6 Å². The molecule has 1 unspecified atom stereocenters. The average Bonchev–Trinajstić information content (AvgIpc) is 2.40. The van der Waals surface area contributed by atoms with Crippen molar-refractivity contribution in [1.82, 2.24) is 4.98 Å². The summed E-state index contributed by atoms with van der Waals surface area (Å²) >= 11 is 2.10. The Balaban J connectivity index is 2.55. The highest BCUT2D eigenvalue weighted by Crippen LogP contribution is 2.36. The minimum absolute atomic E-state index is 0.0106. The monoisotopic (exact) mass is 392 g/mol. The maximum absolute atomic E-state index is 13.0. The second-order valence-corrected chi connectivity index (χ2v) is 5.50. The van der Waals surface area contributed by atoms with Crippen molar-refractivity contribution in [2.24, 2.45) is 5.73 Å². The fourth-order valence-corrected chi connectivity index (χ4v) is 2.69. The highest BCUT2D eigenvalue weighted by Gasteiger charge is 2.35. The molecule has 1 aromatic heterocycles. The third-order valence-electron chi connectivity index (χ3n) is 3.05. The van der Waals surface area contributed by atoms with Crippen LogP contribution in [0.3, 0.4) is 0 Å². The summed E-state index contributed by atoms with van der Waals surface area (Å²) in [5, 5.41) is 0. The maximum atomic E-state index is 13.0. The van der Waals surface area contributed by atoms with Gasteiger partial charge in [0, 0.05) is 21.5 Å². The fraction of sp³-hybridized carbons (Fsp3) is 0.214. The van der Waals surface area contributed by atoms with Gasteiger partial charge in [0.15, 0.2) is 0 Å². The smallest absolute Gasteiger partial charge is 0.320 e. The molecule has 0 aliphatic heterocycles. The molecule has 20 heavy (non-hydrogen) atoms. The van der Waals surface area contributed by atoms with E-state index in [2.05, 4.69) is 27.6 Å². The van der Waals surface area contributed by atoms with Crippen LogP contribution in [-0.2, 0) is 6.18 Å². The minimum Gasteiger partial charge on any atom is -0.320 e. The van der Waals surface area contributed by atoms with Crippen molar-refractivity contribution in [2.45, 2.75) is 19.1 Å². The summed E-state index contributed by atoms with van der Waals surface area (Å²) < 4.78 is 39.9. The van der Waals surface area contributed by atoms with Gasteiger partial charge in [-0.2, -0.15) is 13.2 Å². The van der Waals surface area contributed by atoms with E-state index in [1.165, 1.54) is 6.20 Å². The number of halogens is 4. The first-order chi connectivity index (χ1) is 9.32. The van der Waals surface area contributed by atoms with Crippen molar-refractivity contribution in [1.29, 1.82) is 0 Å². The van der Waals surface area contributed by atoms with E-state index in [0.29, 0.717) is 5.56 Å². The number of alkyl halides is 3. The van der Waals surface area contributed by atoms with Gasteiger partial charge in [0.1, 0.15) is 0 Å². The number of pyridine rings is 1. The molecule has 0 saturated heterocycles. The largest absolute Gasteiger partial charge is 0.416 e. The molecule has 0 saturated carbocycles. The second kappa shape index (κ2) is 5.69. The van der Waals surface area contributed by atoms with E-state index in [9.17, 15) is 13.2 Å². The number of aromatic nitrogens is 1. The Kier molecular flexibility index (Phi) is 4.33. The Labute approximate surface area is 128 Å². The summed E-state index contributed by atoms with van der Waals surface area (Å²) in [5.74, 6) is 0. The lowest BCUT2D eigenvalue weighted by molar-refractivity contribution is -0.138. The minimum atomic E-state index is -4.44. The Hall–Kier alpha value is -1.15. The van der Waals surface area contributed by atoms with Crippen LogP contribution >= 0.6 is 22.6 Å². The van der Waals surface area contributed by atoms with Crippen LogP contribution in [0.15, 0.2) is 36.7 Å². The SMILES string of the molecule is Cc1cccc(C(N)c2cnccc2C(F)(F)F)c1I. The van der Waals surface area contributed by atoms with E-state index in [4.69, 9.17) is 5.73 Å². The van der Waals surface area contributed by atoms with Crippen LogP contribution in [0.25, 0.3) is 0 Å². The van der Waals surface area contributed by atoms with Crippen molar-refractivity contribution < 1.29 is 13.2 Å². The summed E-state index contributed by atoms with van der Waals surface area (Å²) in [6, 6.07) is 5.53. The molecule has 1 aromatic carbocycles. The first-order valence-electron chi connectivity index (χ1n) is 5.84. The lowest BCUT2D eigenvalue weighted by Gasteiger charge is -2.19. The van der Waals surface area contributed by atoms with Crippen molar-refractivity contribution in [3.05, 3.63) is 62.5 Å². The van der Waals surface area contributed by atoms with Crippen LogP contribution in [0.4, 0.5) is 13.2 Å². The van der Waals surface area contributed by atoms with Crippen molar-refractivity contribution in [3.8, 4) is 0 Å². The van der Waals surface area contributed by atoms with Crippen LogP contribution in [0.2, 0.25) is 0 Å². The second-order valence-electron chi connectivity index (χ2n) is 4.42. The lowest BCUT2D eigenvalue weighted by Crippen LogP contribution is -2.19. The zero-order valence-corrected chi connectivity index (χ0v) is 12.7. The summed E-state index contributed by atoms with van der Waals surface area (Å²) in [6.07, 6.45) is -2.13. The van der Waals surface area contributed by atoms with E-state index in [-0.39, 0.29) is 5.56 Å². The molecule has 1 heterocycles. The van der Waals surface area contributed by atoms with E-state index >= 15 is 0 Å². The summed E-state index contributed by atoms with van der Waals surface area (Å²) in [4.78, 5) is 3.78. The fourth-order valence-electron chi connectivity index (χ4n) is 1.99. The molecule has 2 nitrogen and oxygen atoms in total. The summed E-state index contributed by atoms with van der Waals surface area (Å²) in [6.45, 7) is 1.89. The van der Waals surface area contributed by atoms with Crippen molar-refractivity contribution in [2.75, 3.05) is 0 Å². The molecule has 2 N–H and O–H groups in total. The number of nitrogens with two attached hydrogens (primary N) is 1. The molecular weight excluding hydrogens is 380 g/mol. The zero-order chi connectivity index (χ0) is 14.9. The molecule has 106 valence electrons. The van der Waals surface area contributed by atoms with Crippen LogP contribution in [0.1, 0.15) is 28.3 Å². The van der Waals surface area contributed by atoms with Gasteiger partial charge in [-0.1, -0.05) is 18.2 Å². The Morgan fingerprint density at radius 3 is 2.55 bits per heavy atom. The maximum Gasteiger partial charge on any atom is 0.416 e. The van der Waals surface area contributed by atoms with Gasteiger partial charge < -0.3 is 5.73 Å². The molecule has 0 aliphatic carbocycles. The number of benzene rings is 1. The third kappa shape index (κ3) is 2.95.